The van der Waals surface area contributed by atoms with Crippen LogP contribution in [0.1, 0.15) is 70.8 Å². The van der Waals surface area contributed by atoms with E-state index in [1.54, 1.807) is 29.5 Å². The summed E-state index contributed by atoms with van der Waals surface area (Å²) >= 11 is 13.1. The Kier molecular flexibility index (Phi) is 8.57. The van der Waals surface area contributed by atoms with Crippen LogP contribution in [0, 0.1) is 11.8 Å². The Morgan fingerprint density at radius 2 is 1.88 bits per heavy atom. The predicted octanol–water partition coefficient (Wildman–Crippen LogP) is 6.97. The molecule has 11 heteroatoms. The number of hydrogen-bond donors (Lipinski definition) is 1. The third-order valence-corrected chi connectivity index (χ3v) is 8.52. The summed E-state index contributed by atoms with van der Waals surface area (Å²) in [5, 5.41) is 9.08. The van der Waals surface area contributed by atoms with Crippen LogP contribution < -0.4 is 0 Å². The number of nitrogens with zero attached hydrogens (tertiary/aromatic N) is 2. The van der Waals surface area contributed by atoms with Crippen LogP contribution in [-0.4, -0.2) is 51.5 Å². The van der Waals surface area contributed by atoms with Crippen LogP contribution >= 0.6 is 23.2 Å². The maximum absolute atomic E-state index is 13.8. The molecule has 2 atom stereocenters. The average Bonchev–Trinajstić information content (AvgIpc) is 3.17. The third-order valence-electron chi connectivity index (χ3n) is 7.82. The van der Waals surface area contributed by atoms with Gasteiger partial charge in [-0.1, -0.05) is 36.2 Å². The highest BCUT2D eigenvalue weighted by Gasteiger charge is 2.34. The van der Waals surface area contributed by atoms with Gasteiger partial charge >= 0.3 is 12.1 Å². The molecule has 1 N–H and O–H groups in total. The molecule has 2 aliphatic rings. The molecule has 0 spiro atoms. The summed E-state index contributed by atoms with van der Waals surface area (Å²) in [5.74, 6) is -1.90. The van der Waals surface area contributed by atoms with Gasteiger partial charge in [0.2, 0.25) is 5.78 Å². The molecule has 0 bridgehead atoms. The fraction of sp³-hybridized carbons (Fsp3) is 0.414. The van der Waals surface area contributed by atoms with E-state index in [2.05, 4.69) is 0 Å². The molecular weight excluding hydrogens is 568 g/mol. The van der Waals surface area contributed by atoms with Gasteiger partial charge in [0.15, 0.2) is 0 Å². The standard InChI is InChI=1S/C29H29Cl2F3N2O4/c1-15-11-18(29(32,33)34)5-4-6-22-20(15)13-23(35(22)3)27(39)25-21(30)8-7-19(26(25)31)28(40)36-10-9-17(12-24(37)38)16(2)14-36/h5,7-8,11,13,16-17H,4,6,9-10,12,14H2,1-3H3,(H,37,38)/b15-11-,18-5+/t16-,17-/m0/s1. The molecular formula is C29H29Cl2F3N2O4. The molecule has 6 nitrogen and oxygen atoms in total. The SMILES string of the molecule is C/C1=C/C(C(F)(F)F)=C\CCc2c1cc(C(=O)c1c(Cl)ccc(C(=O)N3CC[C@@H](CC(=O)O)[C@@H](C)C3)c1Cl)n2C. The Morgan fingerprint density at radius 3 is 2.50 bits per heavy atom. The van der Waals surface area contributed by atoms with Gasteiger partial charge in [0.25, 0.3) is 5.91 Å². The molecule has 1 aromatic carbocycles. The molecule has 0 saturated carbocycles. The number of amides is 1. The van der Waals surface area contributed by atoms with Crippen molar-refractivity contribution in [3.05, 3.63) is 74.0 Å². The van der Waals surface area contributed by atoms with E-state index in [9.17, 15) is 27.6 Å². The second-order valence-corrected chi connectivity index (χ2v) is 11.2. The fourth-order valence-corrected chi connectivity index (χ4v) is 6.19. The molecule has 4 rings (SSSR count). The zero-order valence-electron chi connectivity index (χ0n) is 22.2. The van der Waals surface area contributed by atoms with Crippen LogP contribution in [0.5, 0.6) is 0 Å². The van der Waals surface area contributed by atoms with Gasteiger partial charge in [0.05, 0.1) is 32.4 Å². The number of halogens is 5. The second-order valence-electron chi connectivity index (χ2n) is 10.5. The normalized spacial score (nSPS) is 22.4. The minimum Gasteiger partial charge on any atom is -0.481 e. The Bertz CT molecular complexity index is 1440. The topological polar surface area (TPSA) is 79.6 Å². The molecule has 40 heavy (non-hydrogen) atoms. The van der Waals surface area contributed by atoms with E-state index >= 15 is 0 Å². The highest BCUT2D eigenvalue weighted by atomic mass is 35.5. The Balaban J connectivity index is 1.66. The first-order valence-electron chi connectivity index (χ1n) is 12.9. The molecule has 1 aliphatic carbocycles. The number of carbonyl (C=O) groups excluding carboxylic acids is 2. The van der Waals surface area contributed by atoms with Crippen molar-refractivity contribution in [1.82, 2.24) is 9.47 Å². The number of piperidine rings is 1. The minimum atomic E-state index is -4.48. The van der Waals surface area contributed by atoms with Crippen LogP contribution in [-0.2, 0) is 18.3 Å². The summed E-state index contributed by atoms with van der Waals surface area (Å²) < 4.78 is 41.8. The fourth-order valence-electron chi connectivity index (χ4n) is 5.57. The number of likely N-dealkylation sites (tertiary alicyclic amines) is 1. The molecule has 0 radical (unpaired) electrons. The highest BCUT2D eigenvalue weighted by Crippen LogP contribution is 2.37. The van der Waals surface area contributed by atoms with Crippen molar-refractivity contribution >= 4 is 46.4 Å². The largest absolute Gasteiger partial charge is 0.481 e. The number of hydrogen-bond acceptors (Lipinski definition) is 3. The monoisotopic (exact) mass is 596 g/mol. The van der Waals surface area contributed by atoms with E-state index in [0.29, 0.717) is 42.8 Å². The number of fused-ring (bicyclic) bond motifs is 1. The number of benzene rings is 1. The van der Waals surface area contributed by atoms with Gasteiger partial charge in [-0.3, -0.25) is 14.4 Å². The van der Waals surface area contributed by atoms with E-state index in [-0.39, 0.29) is 57.5 Å². The zero-order chi connectivity index (χ0) is 29.5. The second kappa shape index (κ2) is 11.4. The Morgan fingerprint density at radius 1 is 1.18 bits per heavy atom. The van der Waals surface area contributed by atoms with E-state index in [1.165, 1.54) is 12.1 Å². The van der Waals surface area contributed by atoms with Gasteiger partial charge < -0.3 is 14.6 Å². The maximum Gasteiger partial charge on any atom is 0.416 e. The van der Waals surface area contributed by atoms with Gasteiger partial charge in [0, 0.05) is 32.3 Å². The van der Waals surface area contributed by atoms with E-state index in [0.717, 1.165) is 12.2 Å². The first kappa shape index (κ1) is 29.9. The predicted molar refractivity (Wildman–Crippen MR) is 147 cm³/mol. The van der Waals surface area contributed by atoms with Gasteiger partial charge in [-0.2, -0.15) is 13.2 Å². The molecule has 1 amide bonds. The summed E-state index contributed by atoms with van der Waals surface area (Å²) in [6, 6.07) is 4.43. The van der Waals surface area contributed by atoms with Crippen molar-refractivity contribution in [1.29, 1.82) is 0 Å². The first-order chi connectivity index (χ1) is 18.7. The van der Waals surface area contributed by atoms with Gasteiger partial charge in [0.1, 0.15) is 0 Å². The summed E-state index contributed by atoms with van der Waals surface area (Å²) in [6.07, 6.45) is -1.26. The number of carbonyl (C=O) groups is 3. The molecule has 1 fully saturated rings. The maximum atomic E-state index is 13.8. The molecule has 1 saturated heterocycles. The summed E-state index contributed by atoms with van der Waals surface area (Å²) in [5.41, 5.74) is 1.09. The number of aromatic nitrogens is 1. The lowest BCUT2D eigenvalue weighted by Gasteiger charge is -2.36. The third kappa shape index (κ3) is 5.86. The number of rotatable bonds is 5. The lowest BCUT2D eigenvalue weighted by atomic mass is 9.84. The molecule has 1 aliphatic heterocycles. The van der Waals surface area contributed by atoms with Crippen LogP contribution in [0.2, 0.25) is 10.0 Å². The number of allylic oxidation sites excluding steroid dienone is 4. The lowest BCUT2D eigenvalue weighted by molar-refractivity contribution is -0.138. The minimum absolute atomic E-state index is 0.0342. The first-order valence-corrected chi connectivity index (χ1v) is 13.6. The summed E-state index contributed by atoms with van der Waals surface area (Å²) in [4.78, 5) is 40.0. The molecule has 2 aromatic rings. The van der Waals surface area contributed by atoms with Crippen molar-refractivity contribution in [2.45, 2.75) is 45.7 Å². The van der Waals surface area contributed by atoms with Gasteiger partial charge in [-0.25, -0.2) is 0 Å². The number of carboxylic acids is 1. The summed E-state index contributed by atoms with van der Waals surface area (Å²) in [6.45, 7) is 4.17. The number of carboxylic acid groups (broad SMARTS) is 1. The Hall–Kier alpha value is -3.04. The summed E-state index contributed by atoms with van der Waals surface area (Å²) in [7, 11) is 1.66. The van der Waals surface area contributed by atoms with Crippen LogP contribution in [0.15, 0.2) is 35.9 Å². The van der Waals surface area contributed by atoms with E-state index < -0.39 is 23.5 Å². The quantitative estimate of drug-likeness (QED) is 0.378. The van der Waals surface area contributed by atoms with Crippen molar-refractivity contribution in [2.24, 2.45) is 18.9 Å². The van der Waals surface area contributed by atoms with Crippen LogP contribution in [0.25, 0.3) is 5.57 Å². The van der Waals surface area contributed by atoms with E-state index in [4.69, 9.17) is 28.3 Å². The molecule has 0 unspecified atom stereocenters. The number of aliphatic carboxylic acids is 1. The van der Waals surface area contributed by atoms with Crippen LogP contribution in [0.3, 0.4) is 0 Å². The van der Waals surface area contributed by atoms with Gasteiger partial charge in [-0.05, 0) is 73.4 Å². The number of ketones is 1. The van der Waals surface area contributed by atoms with Gasteiger partial charge in [-0.15, -0.1) is 0 Å². The van der Waals surface area contributed by atoms with Crippen LogP contribution in [0.4, 0.5) is 13.2 Å². The van der Waals surface area contributed by atoms with Crippen molar-refractivity contribution in [2.75, 3.05) is 13.1 Å². The van der Waals surface area contributed by atoms with E-state index in [1.807, 2.05) is 6.92 Å². The van der Waals surface area contributed by atoms with Crippen molar-refractivity contribution < 1.29 is 32.7 Å². The highest BCUT2D eigenvalue weighted by molar-refractivity contribution is 6.42. The zero-order valence-corrected chi connectivity index (χ0v) is 23.8. The molecule has 2 heterocycles. The number of alkyl halides is 3. The average molecular weight is 597 g/mol. The van der Waals surface area contributed by atoms with Crippen molar-refractivity contribution in [3.63, 3.8) is 0 Å². The molecule has 1 aromatic heterocycles. The smallest absolute Gasteiger partial charge is 0.416 e. The lowest BCUT2D eigenvalue weighted by Crippen LogP contribution is -2.43. The Labute approximate surface area is 240 Å². The molecule has 214 valence electrons. The van der Waals surface area contributed by atoms with Crippen molar-refractivity contribution in [3.8, 4) is 0 Å².